The van der Waals surface area contributed by atoms with E-state index in [4.69, 9.17) is 9.47 Å². The Morgan fingerprint density at radius 3 is 2.65 bits per heavy atom. The van der Waals surface area contributed by atoms with Gasteiger partial charge in [-0.05, 0) is 18.2 Å². The topological polar surface area (TPSA) is 88.6 Å². The van der Waals surface area contributed by atoms with Crippen molar-refractivity contribution >= 4 is 12.1 Å². The van der Waals surface area contributed by atoms with Crippen molar-refractivity contribution in [2.75, 3.05) is 14.2 Å². The number of ether oxygens (including phenoxy) is 2. The third-order valence-electron chi connectivity index (χ3n) is 3.70. The SMILES string of the molecule is COc1ccc(/C=N/NC(=O)c2cc(-c3ccccc3)n[nH]2)c(OC)c1. The van der Waals surface area contributed by atoms with Gasteiger partial charge >= 0.3 is 0 Å². The molecule has 0 aliphatic heterocycles. The van der Waals surface area contributed by atoms with Crippen LogP contribution in [0.2, 0.25) is 0 Å². The number of H-pyrrole nitrogens is 1. The highest BCUT2D eigenvalue weighted by Crippen LogP contribution is 2.23. The van der Waals surface area contributed by atoms with Crippen LogP contribution in [0, 0.1) is 0 Å². The number of amides is 1. The molecule has 0 radical (unpaired) electrons. The molecule has 7 heteroatoms. The Balaban J connectivity index is 1.68. The Morgan fingerprint density at radius 2 is 1.92 bits per heavy atom. The first kappa shape index (κ1) is 17.2. The molecule has 0 spiro atoms. The second-order valence-electron chi connectivity index (χ2n) is 5.34. The zero-order valence-corrected chi connectivity index (χ0v) is 14.4. The molecule has 3 rings (SSSR count). The van der Waals surface area contributed by atoms with Gasteiger partial charge in [-0.15, -0.1) is 0 Å². The van der Waals surface area contributed by atoms with Gasteiger partial charge in [0.2, 0.25) is 0 Å². The number of benzene rings is 2. The van der Waals surface area contributed by atoms with E-state index in [2.05, 4.69) is 20.7 Å². The summed E-state index contributed by atoms with van der Waals surface area (Å²) in [6.07, 6.45) is 1.50. The maximum atomic E-state index is 12.2. The number of methoxy groups -OCH3 is 2. The average Bonchev–Trinajstić information content (AvgIpc) is 3.19. The van der Waals surface area contributed by atoms with E-state index in [9.17, 15) is 4.79 Å². The van der Waals surface area contributed by atoms with Crippen molar-refractivity contribution < 1.29 is 14.3 Å². The molecule has 0 fully saturated rings. The van der Waals surface area contributed by atoms with Gasteiger partial charge in [0.05, 0.1) is 26.1 Å². The van der Waals surface area contributed by atoms with Gasteiger partial charge in [-0.25, -0.2) is 5.43 Å². The molecule has 2 aromatic carbocycles. The molecule has 0 bridgehead atoms. The lowest BCUT2D eigenvalue weighted by Crippen LogP contribution is -2.18. The molecule has 132 valence electrons. The lowest BCUT2D eigenvalue weighted by atomic mass is 10.1. The van der Waals surface area contributed by atoms with Gasteiger partial charge in [-0.2, -0.15) is 10.2 Å². The van der Waals surface area contributed by atoms with Crippen molar-refractivity contribution in [3.63, 3.8) is 0 Å². The Bertz CT molecular complexity index is 920. The second kappa shape index (κ2) is 7.98. The lowest BCUT2D eigenvalue weighted by Gasteiger charge is -2.06. The van der Waals surface area contributed by atoms with E-state index >= 15 is 0 Å². The predicted octanol–water partition coefficient (Wildman–Crippen LogP) is 2.86. The van der Waals surface area contributed by atoms with Crippen LogP contribution >= 0.6 is 0 Å². The molecule has 0 aliphatic rings. The van der Waals surface area contributed by atoms with Crippen LogP contribution in [0.5, 0.6) is 11.5 Å². The van der Waals surface area contributed by atoms with Gasteiger partial charge < -0.3 is 9.47 Å². The lowest BCUT2D eigenvalue weighted by molar-refractivity contribution is 0.0950. The zero-order valence-electron chi connectivity index (χ0n) is 14.4. The number of carbonyl (C=O) groups excluding carboxylic acids is 1. The maximum absolute atomic E-state index is 12.2. The van der Waals surface area contributed by atoms with Crippen LogP contribution in [-0.2, 0) is 0 Å². The number of aromatic amines is 1. The summed E-state index contributed by atoms with van der Waals surface area (Å²) in [6.45, 7) is 0. The number of aromatic nitrogens is 2. The summed E-state index contributed by atoms with van der Waals surface area (Å²) in [5.41, 5.74) is 5.11. The fourth-order valence-electron chi connectivity index (χ4n) is 2.34. The Kier molecular flexibility index (Phi) is 5.28. The summed E-state index contributed by atoms with van der Waals surface area (Å²) in [7, 11) is 3.14. The normalized spacial score (nSPS) is 10.7. The highest BCUT2D eigenvalue weighted by molar-refractivity contribution is 5.94. The number of nitrogens with one attached hydrogen (secondary N) is 2. The van der Waals surface area contributed by atoms with E-state index in [0.717, 1.165) is 5.56 Å². The standard InChI is InChI=1S/C19H18N4O3/c1-25-15-9-8-14(18(10-15)26-2)12-20-23-19(24)17-11-16(21-22-17)13-6-4-3-5-7-13/h3-12H,1-2H3,(H,21,22)(H,23,24)/b20-12+. The van der Waals surface area contributed by atoms with Gasteiger partial charge in [0.25, 0.3) is 5.91 Å². The van der Waals surface area contributed by atoms with Crippen molar-refractivity contribution in [1.82, 2.24) is 15.6 Å². The van der Waals surface area contributed by atoms with Crippen LogP contribution < -0.4 is 14.9 Å². The highest BCUT2D eigenvalue weighted by atomic mass is 16.5. The molecule has 26 heavy (non-hydrogen) atoms. The number of hydrazone groups is 1. The van der Waals surface area contributed by atoms with E-state index in [1.165, 1.54) is 6.21 Å². The third-order valence-corrected chi connectivity index (χ3v) is 3.70. The molecule has 3 aromatic rings. The number of rotatable bonds is 6. The smallest absolute Gasteiger partial charge is 0.289 e. The minimum absolute atomic E-state index is 0.322. The molecule has 0 saturated carbocycles. The average molecular weight is 350 g/mol. The maximum Gasteiger partial charge on any atom is 0.289 e. The fraction of sp³-hybridized carbons (Fsp3) is 0.105. The minimum atomic E-state index is -0.386. The van der Waals surface area contributed by atoms with Crippen LogP contribution in [0.15, 0.2) is 59.7 Å². The molecule has 0 saturated heterocycles. The first-order valence-corrected chi connectivity index (χ1v) is 7.87. The Morgan fingerprint density at radius 1 is 1.12 bits per heavy atom. The molecule has 1 aromatic heterocycles. The van der Waals surface area contributed by atoms with Crippen LogP contribution in [0.1, 0.15) is 16.1 Å². The summed E-state index contributed by atoms with van der Waals surface area (Å²) in [5, 5.41) is 10.8. The van der Waals surface area contributed by atoms with Gasteiger partial charge in [0, 0.05) is 17.2 Å². The van der Waals surface area contributed by atoms with Crippen LogP contribution in [0.4, 0.5) is 0 Å². The van der Waals surface area contributed by atoms with Crippen LogP contribution in [0.3, 0.4) is 0 Å². The van der Waals surface area contributed by atoms with E-state index in [-0.39, 0.29) is 5.91 Å². The molecule has 0 atom stereocenters. The van der Waals surface area contributed by atoms with Crippen LogP contribution in [-0.4, -0.2) is 36.5 Å². The fourth-order valence-corrected chi connectivity index (χ4v) is 2.34. The number of carbonyl (C=O) groups is 1. The summed E-state index contributed by atoms with van der Waals surface area (Å²) < 4.78 is 10.4. The first-order valence-electron chi connectivity index (χ1n) is 7.87. The van der Waals surface area contributed by atoms with E-state index in [0.29, 0.717) is 28.5 Å². The molecule has 0 aliphatic carbocycles. The molecule has 1 amide bonds. The molecule has 1 heterocycles. The molecule has 0 unspecified atom stereocenters. The monoisotopic (exact) mass is 350 g/mol. The summed E-state index contributed by atoms with van der Waals surface area (Å²) in [6, 6.07) is 16.6. The van der Waals surface area contributed by atoms with Crippen molar-refractivity contribution in [3.05, 3.63) is 65.9 Å². The summed E-state index contributed by atoms with van der Waals surface area (Å²) in [4.78, 5) is 12.2. The minimum Gasteiger partial charge on any atom is -0.497 e. The van der Waals surface area contributed by atoms with Crippen LogP contribution in [0.25, 0.3) is 11.3 Å². The second-order valence-corrected chi connectivity index (χ2v) is 5.34. The van der Waals surface area contributed by atoms with E-state index in [1.54, 1.807) is 38.5 Å². The zero-order chi connectivity index (χ0) is 18.4. The van der Waals surface area contributed by atoms with Gasteiger partial charge in [0.1, 0.15) is 17.2 Å². The molecule has 7 nitrogen and oxygen atoms in total. The van der Waals surface area contributed by atoms with Gasteiger partial charge in [0.15, 0.2) is 0 Å². The summed E-state index contributed by atoms with van der Waals surface area (Å²) >= 11 is 0. The third kappa shape index (κ3) is 3.89. The largest absolute Gasteiger partial charge is 0.497 e. The summed E-state index contributed by atoms with van der Waals surface area (Å²) in [5.74, 6) is 0.882. The molecular formula is C19H18N4O3. The number of nitrogens with zero attached hydrogens (tertiary/aromatic N) is 2. The first-order chi connectivity index (χ1) is 12.7. The van der Waals surface area contributed by atoms with Crippen molar-refractivity contribution in [2.24, 2.45) is 5.10 Å². The Labute approximate surface area is 150 Å². The molecule has 2 N–H and O–H groups in total. The highest BCUT2D eigenvalue weighted by Gasteiger charge is 2.10. The molecular weight excluding hydrogens is 332 g/mol. The van der Waals surface area contributed by atoms with Crippen molar-refractivity contribution in [3.8, 4) is 22.8 Å². The quantitative estimate of drug-likeness (QED) is 0.528. The van der Waals surface area contributed by atoms with E-state index in [1.807, 2.05) is 30.3 Å². The predicted molar refractivity (Wildman–Crippen MR) is 98.6 cm³/mol. The van der Waals surface area contributed by atoms with Crippen molar-refractivity contribution in [1.29, 1.82) is 0 Å². The van der Waals surface area contributed by atoms with E-state index < -0.39 is 0 Å². The number of hydrogen-bond acceptors (Lipinski definition) is 5. The van der Waals surface area contributed by atoms with Gasteiger partial charge in [-0.1, -0.05) is 30.3 Å². The van der Waals surface area contributed by atoms with Gasteiger partial charge in [-0.3, -0.25) is 9.89 Å². The Hall–Kier alpha value is -3.61. The van der Waals surface area contributed by atoms with Crippen molar-refractivity contribution in [2.45, 2.75) is 0 Å². The number of hydrogen-bond donors (Lipinski definition) is 2.